The molecule has 3 rings (SSSR count). The van der Waals surface area contributed by atoms with Gasteiger partial charge < -0.3 is 24.8 Å². The standard InChI is InChI=1S/C22H25N3O6S/c1-3-14(4-2)24-19(26)11-29-22(28)16-6-5-9-23-21(16)32-12-20(27)25-15-7-8-17-18(10-15)31-13-30-17/h5-10,14H,3-4,11-13H2,1-2H3,(H,24,26)(H,25,27). The van der Waals surface area contributed by atoms with Crippen LogP contribution in [0.1, 0.15) is 37.0 Å². The van der Waals surface area contributed by atoms with Crippen LogP contribution in [0, 0.1) is 0 Å². The van der Waals surface area contributed by atoms with E-state index in [9.17, 15) is 14.4 Å². The lowest BCUT2D eigenvalue weighted by atomic mass is 10.2. The number of pyridine rings is 1. The fraction of sp³-hybridized carbons (Fsp3) is 0.364. The summed E-state index contributed by atoms with van der Waals surface area (Å²) >= 11 is 1.10. The molecule has 1 aromatic carbocycles. The van der Waals surface area contributed by atoms with E-state index in [1.165, 1.54) is 6.20 Å². The SMILES string of the molecule is CCC(CC)NC(=O)COC(=O)c1cccnc1SCC(=O)Nc1ccc2c(c1)OCO2. The largest absolute Gasteiger partial charge is 0.454 e. The van der Waals surface area contributed by atoms with Crippen molar-refractivity contribution in [3.05, 3.63) is 42.1 Å². The molecule has 0 saturated carbocycles. The van der Waals surface area contributed by atoms with Crippen molar-refractivity contribution in [1.82, 2.24) is 10.3 Å². The Balaban J connectivity index is 1.52. The Hall–Kier alpha value is -3.27. The van der Waals surface area contributed by atoms with Crippen LogP contribution in [-0.4, -0.2) is 48.0 Å². The van der Waals surface area contributed by atoms with Crippen LogP contribution in [0.2, 0.25) is 0 Å². The number of carbonyl (C=O) groups excluding carboxylic acids is 3. The molecule has 2 N–H and O–H groups in total. The van der Waals surface area contributed by atoms with Crippen molar-refractivity contribution in [2.75, 3.05) is 24.5 Å². The summed E-state index contributed by atoms with van der Waals surface area (Å²) in [5.41, 5.74) is 0.771. The number of aromatic nitrogens is 1. The van der Waals surface area contributed by atoms with Crippen LogP contribution in [0.15, 0.2) is 41.6 Å². The van der Waals surface area contributed by atoms with Crippen LogP contribution in [0.3, 0.4) is 0 Å². The van der Waals surface area contributed by atoms with E-state index in [4.69, 9.17) is 14.2 Å². The molecule has 0 unspecified atom stereocenters. The molecule has 0 spiro atoms. The lowest BCUT2D eigenvalue weighted by Gasteiger charge is -2.14. The van der Waals surface area contributed by atoms with Gasteiger partial charge in [-0.15, -0.1) is 0 Å². The van der Waals surface area contributed by atoms with E-state index in [1.807, 2.05) is 13.8 Å². The molecule has 170 valence electrons. The highest BCUT2D eigenvalue weighted by Crippen LogP contribution is 2.34. The van der Waals surface area contributed by atoms with Crippen LogP contribution < -0.4 is 20.1 Å². The summed E-state index contributed by atoms with van der Waals surface area (Å²) in [5, 5.41) is 5.92. The lowest BCUT2D eigenvalue weighted by molar-refractivity contribution is -0.125. The third kappa shape index (κ3) is 6.36. The molecule has 0 atom stereocenters. The van der Waals surface area contributed by atoms with Crippen LogP contribution in [0.5, 0.6) is 11.5 Å². The first-order chi connectivity index (χ1) is 15.5. The maximum Gasteiger partial charge on any atom is 0.341 e. The Morgan fingerprint density at radius 1 is 1.12 bits per heavy atom. The number of rotatable bonds is 10. The van der Waals surface area contributed by atoms with Gasteiger partial charge in [-0.2, -0.15) is 0 Å². The van der Waals surface area contributed by atoms with Gasteiger partial charge in [-0.1, -0.05) is 25.6 Å². The van der Waals surface area contributed by atoms with Crippen molar-refractivity contribution in [2.24, 2.45) is 0 Å². The molecule has 1 aliphatic rings. The first-order valence-electron chi connectivity index (χ1n) is 10.2. The van der Waals surface area contributed by atoms with Gasteiger partial charge in [0, 0.05) is 24.0 Å². The van der Waals surface area contributed by atoms with Crippen molar-refractivity contribution >= 4 is 35.2 Å². The number of nitrogens with one attached hydrogen (secondary N) is 2. The maximum atomic E-state index is 12.5. The molecule has 32 heavy (non-hydrogen) atoms. The molecule has 2 aromatic rings. The number of fused-ring (bicyclic) bond motifs is 1. The second kappa shape index (κ2) is 11.4. The van der Waals surface area contributed by atoms with E-state index in [1.54, 1.807) is 30.3 Å². The zero-order chi connectivity index (χ0) is 22.9. The number of carbonyl (C=O) groups is 3. The summed E-state index contributed by atoms with van der Waals surface area (Å²) in [5.74, 6) is -0.0740. The number of thioether (sulfide) groups is 1. The normalized spacial score (nSPS) is 11.8. The van der Waals surface area contributed by atoms with E-state index < -0.39 is 5.97 Å². The van der Waals surface area contributed by atoms with E-state index in [2.05, 4.69) is 15.6 Å². The minimum absolute atomic E-state index is 0.0287. The third-order valence-corrected chi connectivity index (χ3v) is 5.68. The van der Waals surface area contributed by atoms with Gasteiger partial charge >= 0.3 is 5.97 Å². The van der Waals surface area contributed by atoms with Crippen molar-refractivity contribution in [3.8, 4) is 11.5 Å². The predicted molar refractivity (Wildman–Crippen MR) is 119 cm³/mol. The first kappa shape index (κ1) is 23.4. The van der Waals surface area contributed by atoms with Gasteiger partial charge in [0.05, 0.1) is 11.3 Å². The molecule has 2 amide bonds. The summed E-state index contributed by atoms with van der Waals surface area (Å²) < 4.78 is 15.7. The second-order valence-electron chi connectivity index (χ2n) is 6.92. The molecule has 0 bridgehead atoms. The first-order valence-corrected chi connectivity index (χ1v) is 11.2. The molecule has 1 aromatic heterocycles. The van der Waals surface area contributed by atoms with Gasteiger partial charge in [-0.25, -0.2) is 9.78 Å². The van der Waals surface area contributed by atoms with Gasteiger partial charge in [0.25, 0.3) is 5.91 Å². The summed E-state index contributed by atoms with van der Waals surface area (Å²) in [6.07, 6.45) is 3.12. The van der Waals surface area contributed by atoms with Gasteiger partial charge in [0.2, 0.25) is 12.7 Å². The molecule has 0 radical (unpaired) electrons. The van der Waals surface area contributed by atoms with E-state index >= 15 is 0 Å². The van der Waals surface area contributed by atoms with Crippen molar-refractivity contribution in [2.45, 2.75) is 37.8 Å². The van der Waals surface area contributed by atoms with Crippen LogP contribution in [0.4, 0.5) is 5.69 Å². The van der Waals surface area contributed by atoms with Crippen LogP contribution in [-0.2, 0) is 14.3 Å². The Morgan fingerprint density at radius 2 is 1.91 bits per heavy atom. The average molecular weight is 460 g/mol. The number of ether oxygens (including phenoxy) is 3. The lowest BCUT2D eigenvalue weighted by Crippen LogP contribution is -2.36. The smallest absolute Gasteiger partial charge is 0.341 e. The topological polar surface area (TPSA) is 116 Å². The Bertz CT molecular complexity index is 980. The monoisotopic (exact) mass is 459 g/mol. The van der Waals surface area contributed by atoms with Gasteiger partial charge in [-0.05, 0) is 37.1 Å². The Morgan fingerprint density at radius 3 is 2.69 bits per heavy atom. The second-order valence-corrected chi connectivity index (χ2v) is 7.88. The summed E-state index contributed by atoms with van der Waals surface area (Å²) in [4.78, 5) is 40.9. The fourth-order valence-corrected chi connectivity index (χ4v) is 3.72. The van der Waals surface area contributed by atoms with Crippen molar-refractivity contribution < 1.29 is 28.6 Å². The molecule has 10 heteroatoms. The quantitative estimate of drug-likeness (QED) is 0.412. The van der Waals surface area contributed by atoms with Gasteiger partial charge in [-0.3, -0.25) is 9.59 Å². The maximum absolute atomic E-state index is 12.5. The molecule has 2 heterocycles. The summed E-state index contributed by atoms with van der Waals surface area (Å²) in [7, 11) is 0. The molecule has 9 nitrogen and oxygen atoms in total. The number of amides is 2. The highest BCUT2D eigenvalue weighted by Gasteiger charge is 2.18. The summed E-state index contributed by atoms with van der Waals surface area (Å²) in [6.45, 7) is 3.73. The fourth-order valence-electron chi connectivity index (χ4n) is 2.94. The molecular formula is C22H25N3O6S. The molecule has 1 aliphatic heterocycles. The van der Waals surface area contributed by atoms with Crippen LogP contribution >= 0.6 is 11.8 Å². The number of nitrogens with zero attached hydrogens (tertiary/aromatic N) is 1. The van der Waals surface area contributed by atoms with E-state index in [-0.39, 0.29) is 42.6 Å². The highest BCUT2D eigenvalue weighted by atomic mass is 32.2. The van der Waals surface area contributed by atoms with Crippen molar-refractivity contribution in [1.29, 1.82) is 0 Å². The van der Waals surface area contributed by atoms with Crippen molar-refractivity contribution in [3.63, 3.8) is 0 Å². The third-order valence-electron chi connectivity index (χ3n) is 4.67. The number of benzene rings is 1. The Kier molecular flexibility index (Phi) is 8.32. The zero-order valence-corrected chi connectivity index (χ0v) is 18.7. The summed E-state index contributed by atoms with van der Waals surface area (Å²) in [6, 6.07) is 8.31. The molecule has 0 aliphatic carbocycles. The number of hydrogen-bond donors (Lipinski definition) is 2. The van der Waals surface area contributed by atoms with Gasteiger partial charge in [0.15, 0.2) is 18.1 Å². The highest BCUT2D eigenvalue weighted by molar-refractivity contribution is 8.00. The number of anilines is 1. The molecule has 0 saturated heterocycles. The average Bonchev–Trinajstić information content (AvgIpc) is 3.27. The number of hydrogen-bond acceptors (Lipinski definition) is 8. The molecular weight excluding hydrogens is 434 g/mol. The zero-order valence-electron chi connectivity index (χ0n) is 17.9. The van der Waals surface area contributed by atoms with E-state index in [0.29, 0.717) is 22.2 Å². The number of esters is 1. The predicted octanol–water partition coefficient (Wildman–Crippen LogP) is 3.00. The Labute approximate surface area is 190 Å². The van der Waals surface area contributed by atoms with Crippen LogP contribution in [0.25, 0.3) is 0 Å². The van der Waals surface area contributed by atoms with Gasteiger partial charge in [0.1, 0.15) is 5.03 Å². The molecule has 0 fully saturated rings. The minimum Gasteiger partial charge on any atom is -0.454 e. The minimum atomic E-state index is -0.670. The van der Waals surface area contributed by atoms with E-state index in [0.717, 1.165) is 24.6 Å².